The van der Waals surface area contributed by atoms with Gasteiger partial charge in [0.1, 0.15) is 5.56 Å². The minimum absolute atomic E-state index is 0.199. The van der Waals surface area contributed by atoms with Crippen molar-refractivity contribution >= 4 is 5.91 Å². The number of hydrogen-bond acceptors (Lipinski definition) is 5. The molecule has 0 aliphatic rings. The molecule has 0 N–H and O–H groups in total. The summed E-state index contributed by atoms with van der Waals surface area (Å²) in [5.41, 5.74) is 2.83. The van der Waals surface area contributed by atoms with Gasteiger partial charge in [0.25, 0.3) is 11.5 Å². The van der Waals surface area contributed by atoms with Crippen LogP contribution in [0.25, 0.3) is 0 Å². The second kappa shape index (κ2) is 9.91. The van der Waals surface area contributed by atoms with Crippen molar-refractivity contribution in [2.45, 2.75) is 46.7 Å². The largest absolute Gasteiger partial charge is 0.333 e. The minimum atomic E-state index is -0.315. The van der Waals surface area contributed by atoms with Gasteiger partial charge in [-0.3, -0.25) is 24.5 Å². The molecule has 156 valence electrons. The summed E-state index contributed by atoms with van der Waals surface area (Å²) >= 11 is 0. The lowest BCUT2D eigenvalue weighted by Crippen LogP contribution is -2.38. The van der Waals surface area contributed by atoms with E-state index >= 15 is 0 Å². The number of amides is 1. The van der Waals surface area contributed by atoms with Crippen LogP contribution in [0.3, 0.4) is 0 Å². The van der Waals surface area contributed by atoms with Gasteiger partial charge in [-0.05, 0) is 44.0 Å². The molecule has 0 aliphatic carbocycles. The molecule has 0 atom stereocenters. The first-order chi connectivity index (χ1) is 14.5. The molecule has 3 heterocycles. The van der Waals surface area contributed by atoms with Crippen LogP contribution in [-0.4, -0.2) is 36.9 Å². The number of aryl methyl sites for hydroxylation is 2. The Balaban J connectivity index is 1.91. The van der Waals surface area contributed by atoms with Crippen molar-refractivity contribution in [2.75, 3.05) is 6.54 Å². The highest BCUT2D eigenvalue weighted by Gasteiger charge is 2.22. The Hall–Kier alpha value is -3.35. The first-order valence-electron chi connectivity index (χ1n) is 10.2. The Morgan fingerprint density at radius 1 is 1.07 bits per heavy atom. The van der Waals surface area contributed by atoms with E-state index in [0.29, 0.717) is 24.3 Å². The number of carbonyl (C=O) groups is 1. The van der Waals surface area contributed by atoms with E-state index in [9.17, 15) is 9.59 Å². The topological polar surface area (TPSA) is 81.0 Å². The van der Waals surface area contributed by atoms with E-state index in [2.05, 4.69) is 21.9 Å². The van der Waals surface area contributed by atoms with Crippen LogP contribution in [0.1, 0.15) is 52.8 Å². The molecular formula is C23H27N5O2. The lowest BCUT2D eigenvalue weighted by molar-refractivity contribution is 0.0735. The minimum Gasteiger partial charge on any atom is -0.333 e. The van der Waals surface area contributed by atoms with Crippen LogP contribution < -0.4 is 5.56 Å². The third-order valence-electron chi connectivity index (χ3n) is 4.90. The predicted molar refractivity (Wildman–Crippen MR) is 115 cm³/mol. The highest BCUT2D eigenvalue weighted by molar-refractivity contribution is 5.95. The number of aromatic nitrogens is 4. The third kappa shape index (κ3) is 5.17. The molecule has 0 spiro atoms. The Bertz CT molecular complexity index is 1050. The maximum absolute atomic E-state index is 13.4. The highest BCUT2D eigenvalue weighted by Crippen LogP contribution is 2.12. The molecule has 3 rings (SSSR count). The van der Waals surface area contributed by atoms with Gasteiger partial charge in [0.2, 0.25) is 0 Å². The van der Waals surface area contributed by atoms with Gasteiger partial charge in [-0.15, -0.1) is 0 Å². The second-order valence-electron chi connectivity index (χ2n) is 7.36. The van der Waals surface area contributed by atoms with Gasteiger partial charge >= 0.3 is 0 Å². The molecule has 0 saturated heterocycles. The number of carbonyl (C=O) groups excluding carboxylic acids is 1. The van der Waals surface area contributed by atoms with Gasteiger partial charge in [-0.1, -0.05) is 19.4 Å². The summed E-state index contributed by atoms with van der Waals surface area (Å²) < 4.78 is 1.51. The summed E-state index contributed by atoms with van der Waals surface area (Å²) in [5.74, 6) is -0.263. The highest BCUT2D eigenvalue weighted by atomic mass is 16.2. The average Bonchev–Trinajstić information content (AvgIpc) is 2.75. The van der Waals surface area contributed by atoms with Crippen LogP contribution in [0, 0.1) is 13.8 Å². The van der Waals surface area contributed by atoms with Crippen molar-refractivity contribution in [1.82, 2.24) is 24.4 Å². The van der Waals surface area contributed by atoms with E-state index < -0.39 is 0 Å². The molecule has 0 aromatic carbocycles. The van der Waals surface area contributed by atoms with Crippen molar-refractivity contribution in [1.29, 1.82) is 0 Å². The van der Waals surface area contributed by atoms with Crippen LogP contribution >= 0.6 is 0 Å². The van der Waals surface area contributed by atoms with Crippen LogP contribution in [0.2, 0.25) is 0 Å². The molecule has 0 bridgehead atoms. The molecule has 0 aliphatic heterocycles. The summed E-state index contributed by atoms with van der Waals surface area (Å²) in [4.78, 5) is 41.2. The lowest BCUT2D eigenvalue weighted by Gasteiger charge is -2.23. The molecule has 0 unspecified atom stereocenters. The predicted octanol–water partition coefficient (Wildman–Crippen LogP) is 3.14. The second-order valence-corrected chi connectivity index (χ2v) is 7.36. The molecule has 0 fully saturated rings. The fourth-order valence-electron chi connectivity index (χ4n) is 3.17. The van der Waals surface area contributed by atoms with Crippen LogP contribution in [0.15, 0.2) is 53.8 Å². The number of pyridine rings is 2. The van der Waals surface area contributed by atoms with Crippen molar-refractivity contribution in [3.05, 3.63) is 87.6 Å². The zero-order valence-corrected chi connectivity index (χ0v) is 17.7. The van der Waals surface area contributed by atoms with Gasteiger partial charge in [0.15, 0.2) is 0 Å². The summed E-state index contributed by atoms with van der Waals surface area (Å²) in [6.07, 6.45) is 8.54. The number of rotatable bonds is 8. The van der Waals surface area contributed by atoms with Gasteiger partial charge in [0, 0.05) is 25.1 Å². The molecule has 7 heteroatoms. The van der Waals surface area contributed by atoms with Gasteiger partial charge in [-0.25, -0.2) is 0 Å². The quantitative estimate of drug-likeness (QED) is 0.575. The zero-order valence-electron chi connectivity index (χ0n) is 17.7. The summed E-state index contributed by atoms with van der Waals surface area (Å²) in [6, 6.07) is 7.43. The van der Waals surface area contributed by atoms with E-state index in [4.69, 9.17) is 0 Å². The van der Waals surface area contributed by atoms with E-state index in [1.807, 2.05) is 25.1 Å². The van der Waals surface area contributed by atoms with E-state index in [-0.39, 0.29) is 23.6 Å². The molecule has 3 aromatic rings. The maximum Gasteiger partial charge on any atom is 0.264 e. The molecule has 30 heavy (non-hydrogen) atoms. The maximum atomic E-state index is 13.4. The summed E-state index contributed by atoms with van der Waals surface area (Å²) in [6.45, 7) is 6.94. The molecule has 0 saturated carbocycles. The van der Waals surface area contributed by atoms with E-state index in [0.717, 1.165) is 24.2 Å². The monoisotopic (exact) mass is 405 g/mol. The number of unbranched alkanes of at least 4 members (excludes halogenated alkanes) is 1. The van der Waals surface area contributed by atoms with Crippen molar-refractivity contribution < 1.29 is 4.79 Å². The Morgan fingerprint density at radius 3 is 2.57 bits per heavy atom. The van der Waals surface area contributed by atoms with Crippen LogP contribution in [0.4, 0.5) is 0 Å². The first kappa shape index (κ1) is 21.4. The van der Waals surface area contributed by atoms with E-state index in [1.54, 1.807) is 42.7 Å². The van der Waals surface area contributed by atoms with Crippen molar-refractivity contribution in [3.8, 4) is 0 Å². The fraction of sp³-hybridized carbons (Fsp3) is 0.348. The zero-order chi connectivity index (χ0) is 21.5. The van der Waals surface area contributed by atoms with Crippen LogP contribution in [0.5, 0.6) is 0 Å². The Labute approximate surface area is 176 Å². The van der Waals surface area contributed by atoms with Gasteiger partial charge < -0.3 is 9.47 Å². The smallest absolute Gasteiger partial charge is 0.264 e. The first-order valence-corrected chi connectivity index (χ1v) is 10.2. The average molecular weight is 406 g/mol. The third-order valence-corrected chi connectivity index (χ3v) is 4.90. The lowest BCUT2D eigenvalue weighted by atomic mass is 10.1. The number of hydrogen-bond donors (Lipinski definition) is 0. The van der Waals surface area contributed by atoms with E-state index in [1.165, 1.54) is 4.57 Å². The van der Waals surface area contributed by atoms with Gasteiger partial charge in [-0.2, -0.15) is 0 Å². The molecule has 0 radical (unpaired) electrons. The Kier molecular flexibility index (Phi) is 7.06. The molecule has 3 aromatic heterocycles. The van der Waals surface area contributed by atoms with Gasteiger partial charge in [0.05, 0.1) is 36.4 Å². The van der Waals surface area contributed by atoms with Crippen LogP contribution in [-0.2, 0) is 13.1 Å². The standard InChI is InChI=1S/C23H27N5O2/c1-4-5-11-27(15-19-8-6-7-10-24-19)22(29)21-17(2)9-12-28(23(21)30)16-20-14-25-18(3)13-26-20/h6-10,12-14H,4-5,11,15-16H2,1-3H3. The summed E-state index contributed by atoms with van der Waals surface area (Å²) in [7, 11) is 0. The fourth-order valence-corrected chi connectivity index (χ4v) is 3.17. The molecule has 7 nitrogen and oxygen atoms in total. The number of nitrogens with zero attached hydrogens (tertiary/aromatic N) is 5. The van der Waals surface area contributed by atoms with Crippen molar-refractivity contribution in [2.24, 2.45) is 0 Å². The van der Waals surface area contributed by atoms with Crippen molar-refractivity contribution in [3.63, 3.8) is 0 Å². The normalized spacial score (nSPS) is 10.8. The summed E-state index contributed by atoms with van der Waals surface area (Å²) in [5, 5.41) is 0. The Morgan fingerprint density at radius 2 is 1.90 bits per heavy atom. The molecule has 1 amide bonds. The molecular weight excluding hydrogens is 378 g/mol. The SMILES string of the molecule is CCCCN(Cc1ccccn1)C(=O)c1c(C)ccn(Cc2cnc(C)cn2)c1=O.